The summed E-state index contributed by atoms with van der Waals surface area (Å²) >= 11 is 1.65. The number of unbranched alkanes of at least 4 members (excludes halogenated alkanes) is 6. The smallest absolute Gasteiger partial charge is 0.412 e. The van der Waals surface area contributed by atoms with Crippen molar-refractivity contribution < 1.29 is 23.8 Å². The third-order valence-corrected chi connectivity index (χ3v) is 5.95. The molecule has 1 aromatic heterocycles. The van der Waals surface area contributed by atoms with Gasteiger partial charge in [-0.1, -0.05) is 45.4 Å². The largest absolute Gasteiger partial charge is 0.428 e. The number of carbonyl (C=O) groups is 2. The molecule has 28 heavy (non-hydrogen) atoms. The number of likely N-dealkylation sites (N-methyl/N-ethyl adjacent to an activating group) is 1. The Labute approximate surface area is 172 Å². The fourth-order valence-corrected chi connectivity index (χ4v) is 4.23. The highest BCUT2D eigenvalue weighted by Crippen LogP contribution is 2.32. The van der Waals surface area contributed by atoms with Gasteiger partial charge in [0.15, 0.2) is 0 Å². The third-order valence-electron chi connectivity index (χ3n) is 4.90. The molecule has 1 atom stereocenters. The van der Waals surface area contributed by atoms with Gasteiger partial charge in [0, 0.05) is 18.3 Å². The molecule has 0 fully saturated rings. The van der Waals surface area contributed by atoms with E-state index in [9.17, 15) is 9.59 Å². The SMILES string of the molecule is CCCCCCCCCC(=O)OCOC(=O)N(C)C[C@@H]1OCCc2ccsc21. The summed E-state index contributed by atoms with van der Waals surface area (Å²) in [5.74, 6) is -0.317. The van der Waals surface area contributed by atoms with Crippen LogP contribution in [0.3, 0.4) is 0 Å². The predicted molar refractivity (Wildman–Crippen MR) is 109 cm³/mol. The van der Waals surface area contributed by atoms with E-state index in [0.717, 1.165) is 25.7 Å². The molecular formula is C21H33NO5S. The molecule has 0 unspecified atom stereocenters. The highest BCUT2D eigenvalue weighted by molar-refractivity contribution is 7.10. The summed E-state index contributed by atoms with van der Waals surface area (Å²) in [6.45, 7) is 2.93. The summed E-state index contributed by atoms with van der Waals surface area (Å²) in [4.78, 5) is 26.4. The van der Waals surface area contributed by atoms with Crippen LogP contribution in [0.25, 0.3) is 0 Å². The van der Waals surface area contributed by atoms with Gasteiger partial charge in [-0.15, -0.1) is 11.3 Å². The number of hydrogen-bond acceptors (Lipinski definition) is 6. The van der Waals surface area contributed by atoms with E-state index in [1.807, 2.05) is 0 Å². The Morgan fingerprint density at radius 3 is 2.71 bits per heavy atom. The summed E-state index contributed by atoms with van der Waals surface area (Å²) in [7, 11) is 1.66. The van der Waals surface area contributed by atoms with Gasteiger partial charge < -0.3 is 19.1 Å². The molecule has 0 saturated carbocycles. The maximum Gasteiger partial charge on any atom is 0.412 e. The van der Waals surface area contributed by atoms with E-state index in [1.165, 1.54) is 41.0 Å². The van der Waals surface area contributed by atoms with Gasteiger partial charge in [-0.05, 0) is 29.9 Å². The van der Waals surface area contributed by atoms with Crippen LogP contribution in [0.4, 0.5) is 4.79 Å². The molecule has 2 rings (SSSR count). The molecule has 1 aromatic rings. The second-order valence-electron chi connectivity index (χ2n) is 7.22. The van der Waals surface area contributed by atoms with Crippen LogP contribution in [0.2, 0.25) is 0 Å². The highest BCUT2D eigenvalue weighted by atomic mass is 32.1. The Morgan fingerprint density at radius 1 is 1.18 bits per heavy atom. The first-order valence-electron chi connectivity index (χ1n) is 10.3. The van der Waals surface area contributed by atoms with Crippen molar-refractivity contribution >= 4 is 23.4 Å². The maximum absolute atomic E-state index is 12.1. The summed E-state index contributed by atoms with van der Waals surface area (Å²) in [6, 6.07) is 2.11. The molecule has 0 aromatic carbocycles. The lowest BCUT2D eigenvalue weighted by molar-refractivity contribution is -0.152. The molecule has 0 N–H and O–H groups in total. The Bertz CT molecular complexity index is 603. The van der Waals surface area contributed by atoms with Crippen molar-refractivity contribution in [3.63, 3.8) is 0 Å². The number of fused-ring (bicyclic) bond motifs is 1. The number of esters is 1. The van der Waals surface area contributed by atoms with E-state index >= 15 is 0 Å². The minimum absolute atomic E-state index is 0.124. The van der Waals surface area contributed by atoms with E-state index in [1.54, 1.807) is 18.4 Å². The molecule has 0 aliphatic carbocycles. The number of rotatable bonds is 12. The second kappa shape index (κ2) is 12.8. The molecule has 0 spiro atoms. The van der Waals surface area contributed by atoms with Gasteiger partial charge in [-0.3, -0.25) is 4.79 Å². The first-order valence-corrected chi connectivity index (χ1v) is 11.2. The molecule has 1 aliphatic heterocycles. The van der Waals surface area contributed by atoms with E-state index in [0.29, 0.717) is 19.6 Å². The predicted octanol–water partition coefficient (Wildman–Crippen LogP) is 5.07. The van der Waals surface area contributed by atoms with Gasteiger partial charge in [-0.2, -0.15) is 0 Å². The van der Waals surface area contributed by atoms with Crippen LogP contribution in [-0.4, -0.2) is 44.0 Å². The summed E-state index contributed by atoms with van der Waals surface area (Å²) < 4.78 is 15.8. The summed E-state index contributed by atoms with van der Waals surface area (Å²) in [5, 5.41) is 2.05. The quantitative estimate of drug-likeness (QED) is 0.273. The van der Waals surface area contributed by atoms with Gasteiger partial charge in [0.25, 0.3) is 0 Å². The highest BCUT2D eigenvalue weighted by Gasteiger charge is 2.25. The zero-order valence-corrected chi connectivity index (χ0v) is 17.9. The van der Waals surface area contributed by atoms with Crippen LogP contribution in [0.1, 0.15) is 74.8 Å². The molecule has 1 aliphatic rings. The van der Waals surface area contributed by atoms with Crippen molar-refractivity contribution in [2.75, 3.05) is 27.0 Å². The maximum atomic E-state index is 12.1. The molecule has 0 bridgehead atoms. The molecule has 2 heterocycles. The lowest BCUT2D eigenvalue weighted by atomic mass is 10.1. The fourth-order valence-electron chi connectivity index (χ4n) is 3.24. The third kappa shape index (κ3) is 7.80. The van der Waals surface area contributed by atoms with Crippen molar-refractivity contribution in [2.45, 2.75) is 70.8 Å². The van der Waals surface area contributed by atoms with Crippen LogP contribution in [0.5, 0.6) is 0 Å². The number of amides is 1. The van der Waals surface area contributed by atoms with E-state index in [4.69, 9.17) is 14.2 Å². The van der Waals surface area contributed by atoms with E-state index < -0.39 is 6.09 Å². The summed E-state index contributed by atoms with van der Waals surface area (Å²) in [5.41, 5.74) is 1.29. The zero-order valence-electron chi connectivity index (χ0n) is 17.1. The first kappa shape index (κ1) is 22.7. The van der Waals surface area contributed by atoms with Gasteiger partial charge in [0.2, 0.25) is 6.79 Å². The average Bonchev–Trinajstić information content (AvgIpc) is 3.17. The van der Waals surface area contributed by atoms with Crippen molar-refractivity contribution in [3.05, 3.63) is 21.9 Å². The Morgan fingerprint density at radius 2 is 1.93 bits per heavy atom. The number of thiophene rings is 1. The minimum Gasteiger partial charge on any atom is -0.428 e. The minimum atomic E-state index is -0.518. The lowest BCUT2D eigenvalue weighted by Gasteiger charge is -2.27. The van der Waals surface area contributed by atoms with Crippen LogP contribution in [-0.2, 0) is 25.4 Å². The number of hydrogen-bond donors (Lipinski definition) is 0. The Balaban J connectivity index is 1.55. The molecule has 0 saturated heterocycles. The normalized spacial score (nSPS) is 15.7. The second-order valence-corrected chi connectivity index (χ2v) is 8.16. The van der Waals surface area contributed by atoms with Crippen LogP contribution in [0, 0.1) is 0 Å². The van der Waals surface area contributed by atoms with Gasteiger partial charge in [0.1, 0.15) is 6.10 Å². The van der Waals surface area contributed by atoms with Gasteiger partial charge >= 0.3 is 12.1 Å². The molecule has 158 valence electrons. The van der Waals surface area contributed by atoms with Crippen molar-refractivity contribution in [1.82, 2.24) is 4.90 Å². The molecule has 6 nitrogen and oxygen atoms in total. The molecule has 1 amide bonds. The topological polar surface area (TPSA) is 65.1 Å². The van der Waals surface area contributed by atoms with Gasteiger partial charge in [-0.25, -0.2) is 4.79 Å². The lowest BCUT2D eigenvalue weighted by Crippen LogP contribution is -2.34. The molecular weight excluding hydrogens is 378 g/mol. The molecule has 0 radical (unpaired) electrons. The van der Waals surface area contributed by atoms with Gasteiger partial charge in [0.05, 0.1) is 13.2 Å². The first-order chi connectivity index (χ1) is 13.6. The van der Waals surface area contributed by atoms with E-state index in [2.05, 4.69) is 18.4 Å². The van der Waals surface area contributed by atoms with Crippen molar-refractivity contribution in [3.8, 4) is 0 Å². The fraction of sp³-hybridized carbons (Fsp3) is 0.714. The number of carbonyl (C=O) groups excluding carboxylic acids is 2. The van der Waals surface area contributed by atoms with E-state index in [-0.39, 0.29) is 18.9 Å². The summed E-state index contributed by atoms with van der Waals surface area (Å²) in [6.07, 6.45) is 8.67. The zero-order chi connectivity index (χ0) is 20.2. The Kier molecular flexibility index (Phi) is 10.4. The van der Waals surface area contributed by atoms with Crippen LogP contribution in [0.15, 0.2) is 11.4 Å². The Hall–Kier alpha value is -1.60. The number of nitrogens with zero attached hydrogens (tertiary/aromatic N) is 1. The van der Waals surface area contributed by atoms with Crippen LogP contribution < -0.4 is 0 Å². The standard InChI is InChI=1S/C21H33NO5S/c1-3-4-5-6-7-8-9-10-19(23)26-16-27-21(24)22(2)15-18-20-17(11-13-25-18)12-14-28-20/h12,14,18H,3-11,13,15-16H2,1-2H3/t18-/m0/s1. The number of ether oxygens (including phenoxy) is 3. The molecule has 7 heteroatoms. The van der Waals surface area contributed by atoms with Crippen LogP contribution >= 0.6 is 11.3 Å². The average molecular weight is 412 g/mol. The van der Waals surface area contributed by atoms with Crippen molar-refractivity contribution in [2.24, 2.45) is 0 Å². The monoisotopic (exact) mass is 411 g/mol. The van der Waals surface area contributed by atoms with Crippen molar-refractivity contribution in [1.29, 1.82) is 0 Å².